The van der Waals surface area contributed by atoms with Gasteiger partial charge in [-0.05, 0) is 24.6 Å². The van der Waals surface area contributed by atoms with Gasteiger partial charge in [0.1, 0.15) is 5.75 Å². The second-order valence-corrected chi connectivity index (χ2v) is 4.89. The molecule has 0 spiro atoms. The Bertz CT molecular complexity index is 506. The van der Waals surface area contributed by atoms with Crippen molar-refractivity contribution in [3.63, 3.8) is 0 Å². The van der Waals surface area contributed by atoms with Crippen LogP contribution >= 0.6 is 11.6 Å². The van der Waals surface area contributed by atoms with Crippen LogP contribution in [0.3, 0.4) is 0 Å². The Hall–Kier alpha value is -1.79. The highest BCUT2D eigenvalue weighted by Crippen LogP contribution is 2.24. The van der Waals surface area contributed by atoms with Gasteiger partial charge in [0.15, 0.2) is 6.61 Å². The highest BCUT2D eigenvalue weighted by molar-refractivity contribution is 6.32. The Labute approximate surface area is 128 Å². The van der Waals surface area contributed by atoms with Gasteiger partial charge in [0.2, 0.25) is 0 Å². The second kappa shape index (κ2) is 8.49. The van der Waals surface area contributed by atoms with Crippen LogP contribution in [-0.4, -0.2) is 43.3 Å². The maximum Gasteiger partial charge on any atom is 0.306 e. The number of hydrogen-bond donors (Lipinski definition) is 2. The van der Waals surface area contributed by atoms with Gasteiger partial charge in [-0.15, -0.1) is 0 Å². The molecule has 0 aromatic heterocycles. The van der Waals surface area contributed by atoms with Crippen molar-refractivity contribution >= 4 is 23.5 Å². The molecule has 1 rings (SSSR count). The van der Waals surface area contributed by atoms with E-state index < -0.39 is 12.1 Å². The van der Waals surface area contributed by atoms with Crippen molar-refractivity contribution in [2.24, 2.45) is 0 Å². The second-order valence-electron chi connectivity index (χ2n) is 4.48. The first kappa shape index (κ1) is 17.3. The number of halogens is 1. The van der Waals surface area contributed by atoms with Gasteiger partial charge in [-0.2, -0.15) is 0 Å². The lowest BCUT2D eigenvalue weighted by Crippen LogP contribution is -2.37. The van der Waals surface area contributed by atoms with Crippen molar-refractivity contribution in [1.82, 2.24) is 5.32 Å². The molecule has 0 heterocycles. The molecule has 0 fully saturated rings. The van der Waals surface area contributed by atoms with Gasteiger partial charge in [0, 0.05) is 13.7 Å². The van der Waals surface area contributed by atoms with E-state index in [-0.39, 0.29) is 25.5 Å². The zero-order chi connectivity index (χ0) is 15.8. The number of methoxy groups -OCH3 is 1. The zero-order valence-electron chi connectivity index (χ0n) is 11.9. The van der Waals surface area contributed by atoms with Crippen molar-refractivity contribution in [3.05, 3.63) is 28.8 Å². The molecule has 0 bridgehead atoms. The number of carbonyl (C=O) groups is 2. The first-order valence-electron chi connectivity index (χ1n) is 6.32. The molecule has 1 amide bonds. The summed E-state index contributed by atoms with van der Waals surface area (Å²) in [6.07, 6.45) is -0.754. The summed E-state index contributed by atoms with van der Waals surface area (Å²) < 4.78 is 10.3. The first-order chi connectivity index (χ1) is 9.92. The van der Waals surface area contributed by atoms with Crippen molar-refractivity contribution in [2.75, 3.05) is 20.3 Å². The van der Waals surface area contributed by atoms with E-state index in [0.717, 1.165) is 5.56 Å². The minimum atomic E-state index is -0.987. The average Bonchev–Trinajstić information content (AvgIpc) is 2.44. The summed E-state index contributed by atoms with van der Waals surface area (Å²) in [6, 6.07) is 5.26. The Morgan fingerprint density at radius 1 is 1.43 bits per heavy atom. The maximum atomic E-state index is 11.6. The number of carbonyl (C=O) groups excluding carboxylic acids is 1. The van der Waals surface area contributed by atoms with E-state index in [4.69, 9.17) is 26.2 Å². The number of benzene rings is 1. The average molecular weight is 316 g/mol. The van der Waals surface area contributed by atoms with Crippen LogP contribution in [0.1, 0.15) is 12.0 Å². The molecule has 1 aromatic carbocycles. The molecule has 0 radical (unpaired) electrons. The lowest BCUT2D eigenvalue weighted by atomic mass is 10.2. The molecule has 0 aliphatic heterocycles. The van der Waals surface area contributed by atoms with E-state index in [9.17, 15) is 9.59 Å². The van der Waals surface area contributed by atoms with Crippen molar-refractivity contribution in [1.29, 1.82) is 0 Å². The Kier molecular flexibility index (Phi) is 6.98. The molecule has 0 saturated heterocycles. The number of aliphatic carboxylic acids is 1. The van der Waals surface area contributed by atoms with Crippen LogP contribution < -0.4 is 10.1 Å². The quantitative estimate of drug-likeness (QED) is 0.761. The van der Waals surface area contributed by atoms with Gasteiger partial charge in [-0.3, -0.25) is 9.59 Å². The maximum absolute atomic E-state index is 11.6. The number of amides is 1. The molecule has 116 valence electrons. The van der Waals surface area contributed by atoms with Crippen LogP contribution in [0.2, 0.25) is 5.02 Å². The molecule has 0 aliphatic carbocycles. The van der Waals surface area contributed by atoms with Crippen LogP contribution in [0, 0.1) is 6.92 Å². The number of carboxylic acid groups (broad SMARTS) is 1. The van der Waals surface area contributed by atoms with Gasteiger partial charge >= 0.3 is 5.97 Å². The topological polar surface area (TPSA) is 84.9 Å². The summed E-state index contributed by atoms with van der Waals surface area (Å²) in [5, 5.41) is 11.6. The van der Waals surface area contributed by atoms with E-state index in [0.29, 0.717) is 10.8 Å². The predicted molar refractivity (Wildman–Crippen MR) is 77.7 cm³/mol. The predicted octanol–water partition coefficient (Wildman–Crippen LogP) is 1.63. The van der Waals surface area contributed by atoms with Crippen LogP contribution in [0.15, 0.2) is 18.2 Å². The van der Waals surface area contributed by atoms with E-state index >= 15 is 0 Å². The molecule has 2 N–H and O–H groups in total. The van der Waals surface area contributed by atoms with Crippen molar-refractivity contribution < 1.29 is 24.2 Å². The summed E-state index contributed by atoms with van der Waals surface area (Å²) in [7, 11) is 1.39. The standard InChI is InChI=1S/C14H18ClNO5/c1-9-3-4-11(15)12(5-9)21-8-13(17)16-7-10(20-2)6-14(18)19/h3-5,10H,6-8H2,1-2H3,(H,16,17)(H,18,19). The van der Waals surface area contributed by atoms with Gasteiger partial charge in [0.05, 0.1) is 17.5 Å². The Morgan fingerprint density at radius 3 is 2.76 bits per heavy atom. The van der Waals surface area contributed by atoms with E-state index in [1.54, 1.807) is 12.1 Å². The molecule has 6 nitrogen and oxygen atoms in total. The van der Waals surface area contributed by atoms with Crippen molar-refractivity contribution in [2.45, 2.75) is 19.4 Å². The highest BCUT2D eigenvalue weighted by atomic mass is 35.5. The molecule has 21 heavy (non-hydrogen) atoms. The number of hydrogen-bond acceptors (Lipinski definition) is 4. The molecule has 1 aromatic rings. The third kappa shape index (κ3) is 6.46. The first-order valence-corrected chi connectivity index (χ1v) is 6.70. The zero-order valence-corrected chi connectivity index (χ0v) is 12.6. The van der Waals surface area contributed by atoms with Crippen LogP contribution in [0.4, 0.5) is 0 Å². The van der Waals surface area contributed by atoms with Crippen molar-refractivity contribution in [3.8, 4) is 5.75 Å². The van der Waals surface area contributed by atoms with E-state index in [1.165, 1.54) is 7.11 Å². The minimum absolute atomic E-state index is 0.104. The fraction of sp³-hybridized carbons (Fsp3) is 0.429. The fourth-order valence-electron chi connectivity index (χ4n) is 1.58. The third-order valence-corrected chi connectivity index (χ3v) is 3.02. The van der Waals surface area contributed by atoms with Gasteiger partial charge in [-0.25, -0.2) is 0 Å². The lowest BCUT2D eigenvalue weighted by Gasteiger charge is -2.14. The molecule has 1 unspecified atom stereocenters. The SMILES string of the molecule is COC(CNC(=O)COc1cc(C)ccc1Cl)CC(=O)O. The molecule has 0 saturated carbocycles. The van der Waals surface area contributed by atoms with Gasteiger partial charge < -0.3 is 19.9 Å². The van der Waals surface area contributed by atoms with Crippen LogP contribution in [0.5, 0.6) is 5.75 Å². The summed E-state index contributed by atoms with van der Waals surface area (Å²) >= 11 is 5.94. The number of rotatable bonds is 8. The lowest BCUT2D eigenvalue weighted by molar-refractivity contribution is -0.140. The normalized spacial score (nSPS) is 11.8. The number of aryl methyl sites for hydroxylation is 1. The molecule has 0 aliphatic rings. The molecular weight excluding hydrogens is 298 g/mol. The Balaban J connectivity index is 2.40. The molecule has 1 atom stereocenters. The smallest absolute Gasteiger partial charge is 0.306 e. The summed E-state index contributed by atoms with van der Waals surface area (Å²) in [4.78, 5) is 22.2. The largest absolute Gasteiger partial charge is 0.482 e. The number of nitrogens with one attached hydrogen (secondary N) is 1. The van der Waals surface area contributed by atoms with Crippen LogP contribution in [-0.2, 0) is 14.3 Å². The van der Waals surface area contributed by atoms with Gasteiger partial charge in [0.25, 0.3) is 5.91 Å². The summed E-state index contributed by atoms with van der Waals surface area (Å²) in [5.41, 5.74) is 0.968. The monoisotopic (exact) mass is 315 g/mol. The number of carboxylic acids is 1. The van der Waals surface area contributed by atoms with Crippen LogP contribution in [0.25, 0.3) is 0 Å². The number of ether oxygens (including phenoxy) is 2. The summed E-state index contributed by atoms with van der Waals surface area (Å²) in [5.74, 6) is -0.931. The highest BCUT2D eigenvalue weighted by Gasteiger charge is 2.14. The third-order valence-electron chi connectivity index (χ3n) is 2.71. The fourth-order valence-corrected chi connectivity index (χ4v) is 1.75. The van der Waals surface area contributed by atoms with E-state index in [1.807, 2.05) is 13.0 Å². The minimum Gasteiger partial charge on any atom is -0.482 e. The molecular formula is C14H18ClNO5. The summed E-state index contributed by atoms with van der Waals surface area (Å²) in [6.45, 7) is 1.79. The Morgan fingerprint density at radius 2 is 2.14 bits per heavy atom. The van der Waals surface area contributed by atoms with E-state index in [2.05, 4.69) is 5.32 Å². The molecule has 7 heteroatoms. The van der Waals surface area contributed by atoms with Gasteiger partial charge in [-0.1, -0.05) is 17.7 Å².